The highest BCUT2D eigenvalue weighted by molar-refractivity contribution is 5.93. The van der Waals surface area contributed by atoms with Crippen LogP contribution in [0, 0.1) is 11.3 Å². The van der Waals surface area contributed by atoms with Crippen LogP contribution in [0.4, 0.5) is 5.69 Å². The number of H-pyrrole nitrogens is 1. The average Bonchev–Trinajstić information content (AvgIpc) is 3.35. The van der Waals surface area contributed by atoms with E-state index >= 15 is 0 Å². The Morgan fingerprint density at radius 2 is 2.20 bits per heavy atom. The van der Waals surface area contributed by atoms with Gasteiger partial charge in [0.2, 0.25) is 5.91 Å². The molecule has 30 heavy (non-hydrogen) atoms. The Hall–Kier alpha value is -3.53. The van der Waals surface area contributed by atoms with Crippen molar-refractivity contribution in [1.82, 2.24) is 14.9 Å². The second kappa shape index (κ2) is 7.06. The maximum absolute atomic E-state index is 13.1. The lowest BCUT2D eigenvalue weighted by molar-refractivity contribution is -0.134. The van der Waals surface area contributed by atoms with Crippen LogP contribution in [0.15, 0.2) is 42.7 Å². The standard InChI is InChI=1S/C23H23N5O2/c1-30-19-14-26-22-18(5-8-25-22)21(19)27-9-10-28(23(15-27)6-7-23)20(29)12-16-3-2-4-17(11-16)13-24/h2-5,8,11,14H,6-7,9-10,12,15H2,1H3,(H,25,26). The predicted octanol–water partition coefficient (Wildman–Crippen LogP) is 2.87. The summed E-state index contributed by atoms with van der Waals surface area (Å²) in [6.45, 7) is 2.21. The van der Waals surface area contributed by atoms with E-state index in [0.717, 1.165) is 54.0 Å². The summed E-state index contributed by atoms with van der Waals surface area (Å²) >= 11 is 0. The maximum atomic E-state index is 13.1. The Kier molecular flexibility index (Phi) is 4.35. The number of carbonyl (C=O) groups excluding carboxylic acids is 1. The fourth-order valence-electron chi connectivity index (χ4n) is 4.60. The normalized spacial score (nSPS) is 17.2. The van der Waals surface area contributed by atoms with Crippen LogP contribution < -0.4 is 9.64 Å². The van der Waals surface area contributed by atoms with Gasteiger partial charge in [0, 0.05) is 31.2 Å². The van der Waals surface area contributed by atoms with Crippen LogP contribution in [0.2, 0.25) is 0 Å². The molecule has 1 aliphatic heterocycles. The first-order valence-corrected chi connectivity index (χ1v) is 10.2. The zero-order chi connectivity index (χ0) is 20.7. The van der Waals surface area contributed by atoms with Gasteiger partial charge in [-0.25, -0.2) is 4.98 Å². The molecular formula is C23H23N5O2. The molecule has 7 nitrogen and oxygen atoms in total. The van der Waals surface area contributed by atoms with E-state index in [1.54, 1.807) is 25.4 Å². The zero-order valence-corrected chi connectivity index (χ0v) is 16.9. The monoisotopic (exact) mass is 401 g/mol. The molecule has 1 saturated heterocycles. The van der Waals surface area contributed by atoms with E-state index in [9.17, 15) is 4.79 Å². The average molecular weight is 401 g/mol. The summed E-state index contributed by atoms with van der Waals surface area (Å²) in [5.74, 6) is 0.890. The van der Waals surface area contributed by atoms with Gasteiger partial charge in [0.1, 0.15) is 5.65 Å². The van der Waals surface area contributed by atoms with Crippen molar-refractivity contribution in [3.63, 3.8) is 0 Å². The SMILES string of the molecule is COc1cnc2[nH]ccc2c1N1CCN(C(=O)Cc2cccc(C#N)c2)C2(CC2)C1. The molecule has 0 radical (unpaired) electrons. The summed E-state index contributed by atoms with van der Waals surface area (Å²) in [7, 11) is 1.67. The Morgan fingerprint density at radius 3 is 2.97 bits per heavy atom. The molecule has 0 atom stereocenters. The predicted molar refractivity (Wildman–Crippen MR) is 113 cm³/mol. The first-order chi connectivity index (χ1) is 14.6. The highest BCUT2D eigenvalue weighted by Crippen LogP contribution is 2.47. The van der Waals surface area contributed by atoms with Crippen molar-refractivity contribution in [2.24, 2.45) is 0 Å². The summed E-state index contributed by atoms with van der Waals surface area (Å²) in [5, 5.41) is 10.2. The molecule has 1 N–H and O–H groups in total. The number of pyridine rings is 1. The number of amides is 1. The lowest BCUT2D eigenvalue weighted by Gasteiger charge is -2.43. The van der Waals surface area contributed by atoms with E-state index in [1.807, 2.05) is 24.4 Å². The highest BCUT2D eigenvalue weighted by Gasteiger charge is 2.53. The lowest BCUT2D eigenvalue weighted by Crippen LogP contribution is -2.57. The number of benzene rings is 1. The van der Waals surface area contributed by atoms with Gasteiger partial charge in [-0.2, -0.15) is 5.26 Å². The molecule has 1 spiro atoms. The molecule has 7 heteroatoms. The summed E-state index contributed by atoms with van der Waals surface area (Å²) < 4.78 is 5.61. The lowest BCUT2D eigenvalue weighted by atomic mass is 10.0. The number of ether oxygens (including phenoxy) is 1. The molecule has 5 rings (SSSR count). The molecule has 2 aliphatic rings. The van der Waals surface area contributed by atoms with Gasteiger partial charge in [0.15, 0.2) is 5.75 Å². The third-order valence-electron chi connectivity index (χ3n) is 6.25. The molecule has 2 fully saturated rings. The van der Waals surface area contributed by atoms with Gasteiger partial charge < -0.3 is 19.5 Å². The Balaban J connectivity index is 1.38. The third-order valence-corrected chi connectivity index (χ3v) is 6.25. The third kappa shape index (κ3) is 3.05. The first-order valence-electron chi connectivity index (χ1n) is 10.2. The van der Waals surface area contributed by atoms with Crippen molar-refractivity contribution in [1.29, 1.82) is 5.26 Å². The number of anilines is 1. The molecule has 1 aromatic carbocycles. The number of carbonyl (C=O) groups is 1. The van der Waals surface area contributed by atoms with Gasteiger partial charge in [-0.3, -0.25) is 4.79 Å². The van der Waals surface area contributed by atoms with Crippen LogP contribution in [-0.4, -0.2) is 53.1 Å². The van der Waals surface area contributed by atoms with Crippen LogP contribution in [0.1, 0.15) is 24.0 Å². The Morgan fingerprint density at radius 1 is 1.33 bits per heavy atom. The number of nitrogens with zero attached hydrogens (tertiary/aromatic N) is 4. The molecule has 1 amide bonds. The van der Waals surface area contributed by atoms with Gasteiger partial charge in [-0.05, 0) is 36.6 Å². The van der Waals surface area contributed by atoms with Crippen molar-refractivity contribution < 1.29 is 9.53 Å². The first kappa shape index (κ1) is 18.5. The second-order valence-electron chi connectivity index (χ2n) is 8.10. The van der Waals surface area contributed by atoms with Gasteiger partial charge in [-0.1, -0.05) is 12.1 Å². The van der Waals surface area contributed by atoms with Crippen molar-refractivity contribution in [2.75, 3.05) is 31.6 Å². The topological polar surface area (TPSA) is 85.2 Å². The Bertz CT molecular complexity index is 1160. The number of hydrogen-bond donors (Lipinski definition) is 1. The molecule has 1 saturated carbocycles. The van der Waals surface area contributed by atoms with Crippen LogP contribution >= 0.6 is 0 Å². The van der Waals surface area contributed by atoms with Crippen molar-refractivity contribution >= 4 is 22.6 Å². The van der Waals surface area contributed by atoms with Crippen molar-refractivity contribution in [3.8, 4) is 11.8 Å². The summed E-state index contributed by atoms with van der Waals surface area (Å²) in [6, 6.07) is 11.5. The number of nitrogens with one attached hydrogen (secondary N) is 1. The molecule has 0 bridgehead atoms. The minimum absolute atomic E-state index is 0.112. The van der Waals surface area contributed by atoms with Crippen molar-refractivity contribution in [3.05, 3.63) is 53.9 Å². The van der Waals surface area contributed by atoms with Crippen LogP contribution in [0.25, 0.3) is 11.0 Å². The van der Waals surface area contributed by atoms with Crippen molar-refractivity contribution in [2.45, 2.75) is 24.8 Å². The largest absolute Gasteiger partial charge is 0.493 e. The summed E-state index contributed by atoms with van der Waals surface area (Å²) in [4.78, 5) is 25.1. The number of fused-ring (bicyclic) bond motifs is 1. The number of rotatable bonds is 4. The molecule has 152 valence electrons. The van der Waals surface area contributed by atoms with E-state index < -0.39 is 0 Å². The number of aromatic nitrogens is 2. The van der Waals surface area contributed by atoms with Crippen LogP contribution in [-0.2, 0) is 11.2 Å². The molecule has 0 unspecified atom stereocenters. The smallest absolute Gasteiger partial charge is 0.227 e. The number of methoxy groups -OCH3 is 1. The van der Waals surface area contributed by atoms with E-state index in [2.05, 4.69) is 25.8 Å². The summed E-state index contributed by atoms with van der Waals surface area (Å²) in [5.41, 5.74) is 3.25. The van der Waals surface area contributed by atoms with E-state index in [1.165, 1.54) is 0 Å². The second-order valence-corrected chi connectivity index (χ2v) is 8.10. The summed E-state index contributed by atoms with van der Waals surface area (Å²) in [6.07, 6.45) is 6.00. The molecule has 1 aliphatic carbocycles. The Labute approximate surface area is 174 Å². The van der Waals surface area contributed by atoms with E-state index in [-0.39, 0.29) is 11.4 Å². The number of nitriles is 1. The molecule has 3 heterocycles. The van der Waals surface area contributed by atoms with Gasteiger partial charge in [-0.15, -0.1) is 0 Å². The molecule has 2 aromatic heterocycles. The van der Waals surface area contributed by atoms with Crippen LogP contribution in [0.3, 0.4) is 0 Å². The highest BCUT2D eigenvalue weighted by atomic mass is 16.5. The van der Waals surface area contributed by atoms with Gasteiger partial charge in [0.25, 0.3) is 0 Å². The van der Waals surface area contributed by atoms with Crippen LogP contribution in [0.5, 0.6) is 5.75 Å². The number of piperazine rings is 1. The molecule has 3 aromatic rings. The fraction of sp³-hybridized carbons (Fsp3) is 0.348. The fourth-order valence-corrected chi connectivity index (χ4v) is 4.60. The number of aromatic amines is 1. The quantitative estimate of drug-likeness (QED) is 0.727. The van der Waals surface area contributed by atoms with E-state index in [4.69, 9.17) is 10.00 Å². The zero-order valence-electron chi connectivity index (χ0n) is 16.9. The minimum atomic E-state index is -0.112. The number of hydrogen-bond acceptors (Lipinski definition) is 5. The van der Waals surface area contributed by atoms with E-state index in [0.29, 0.717) is 18.5 Å². The van der Waals surface area contributed by atoms with Gasteiger partial charge in [0.05, 0.1) is 42.6 Å². The minimum Gasteiger partial charge on any atom is -0.493 e. The maximum Gasteiger partial charge on any atom is 0.227 e. The molecular weight excluding hydrogens is 378 g/mol. The van der Waals surface area contributed by atoms with Gasteiger partial charge >= 0.3 is 0 Å².